The van der Waals surface area contributed by atoms with Crippen molar-refractivity contribution in [2.45, 2.75) is 13.2 Å². The second kappa shape index (κ2) is 7.62. The van der Waals surface area contributed by atoms with Gasteiger partial charge in [-0.25, -0.2) is 0 Å². The molecule has 2 N–H and O–H groups in total. The number of benzene rings is 2. The van der Waals surface area contributed by atoms with Crippen LogP contribution in [0.15, 0.2) is 54.6 Å². The highest BCUT2D eigenvalue weighted by Crippen LogP contribution is 2.10. The maximum Gasteiger partial charge on any atom is 0.244 e. The average molecular weight is 302 g/mol. The lowest BCUT2D eigenvalue weighted by Crippen LogP contribution is -2.20. The normalized spacial score (nSPS) is 10.8. The zero-order chi connectivity index (χ0) is 15.1. The Kier molecular flexibility index (Phi) is 5.55. The zero-order valence-electron chi connectivity index (χ0n) is 11.4. The quantitative estimate of drug-likeness (QED) is 0.834. The SMILES string of the molecule is O=C(/C=C/c1ccc(Cl)cc1)NCc1ccc(CO)cc1. The monoisotopic (exact) mass is 301 g/mol. The molecule has 0 aliphatic rings. The fraction of sp³-hybridized carbons (Fsp3) is 0.118. The highest BCUT2D eigenvalue weighted by molar-refractivity contribution is 6.30. The highest BCUT2D eigenvalue weighted by atomic mass is 35.5. The first-order chi connectivity index (χ1) is 10.2. The van der Waals surface area contributed by atoms with Crippen LogP contribution in [0.25, 0.3) is 6.08 Å². The van der Waals surface area contributed by atoms with Gasteiger partial charge in [0.2, 0.25) is 5.91 Å². The third-order valence-electron chi connectivity index (χ3n) is 2.97. The number of carbonyl (C=O) groups excluding carboxylic acids is 1. The minimum atomic E-state index is -0.156. The first kappa shape index (κ1) is 15.3. The summed E-state index contributed by atoms with van der Waals surface area (Å²) in [6.45, 7) is 0.478. The van der Waals surface area contributed by atoms with Gasteiger partial charge >= 0.3 is 0 Å². The molecule has 0 saturated carbocycles. The predicted molar refractivity (Wildman–Crippen MR) is 84.7 cm³/mol. The van der Waals surface area contributed by atoms with Gasteiger partial charge in [-0.1, -0.05) is 48.0 Å². The Morgan fingerprint density at radius 2 is 1.67 bits per heavy atom. The Labute approximate surface area is 128 Å². The van der Waals surface area contributed by atoms with Crippen molar-refractivity contribution in [1.82, 2.24) is 5.32 Å². The van der Waals surface area contributed by atoms with E-state index in [9.17, 15) is 4.79 Å². The summed E-state index contributed by atoms with van der Waals surface area (Å²) in [5.41, 5.74) is 2.76. The number of aliphatic hydroxyl groups excluding tert-OH is 1. The van der Waals surface area contributed by atoms with Crippen LogP contribution in [0.4, 0.5) is 0 Å². The van der Waals surface area contributed by atoms with Crippen molar-refractivity contribution < 1.29 is 9.90 Å². The molecule has 0 aromatic heterocycles. The van der Waals surface area contributed by atoms with Gasteiger partial charge in [-0.15, -0.1) is 0 Å². The van der Waals surface area contributed by atoms with E-state index < -0.39 is 0 Å². The van der Waals surface area contributed by atoms with Crippen LogP contribution in [-0.4, -0.2) is 11.0 Å². The fourth-order valence-corrected chi connectivity index (χ4v) is 1.88. The van der Waals surface area contributed by atoms with E-state index in [1.54, 1.807) is 18.2 Å². The van der Waals surface area contributed by atoms with Crippen LogP contribution in [0, 0.1) is 0 Å². The number of halogens is 1. The first-order valence-corrected chi connectivity index (χ1v) is 6.95. The van der Waals surface area contributed by atoms with Gasteiger partial charge in [0, 0.05) is 17.6 Å². The van der Waals surface area contributed by atoms with Crippen LogP contribution >= 0.6 is 11.6 Å². The van der Waals surface area contributed by atoms with Gasteiger partial charge in [0.25, 0.3) is 0 Å². The van der Waals surface area contributed by atoms with Crippen LogP contribution < -0.4 is 5.32 Å². The lowest BCUT2D eigenvalue weighted by molar-refractivity contribution is -0.116. The van der Waals surface area contributed by atoms with Crippen molar-refractivity contribution in [1.29, 1.82) is 0 Å². The molecule has 4 heteroatoms. The summed E-state index contributed by atoms with van der Waals surface area (Å²) < 4.78 is 0. The summed E-state index contributed by atoms with van der Waals surface area (Å²) in [6.07, 6.45) is 3.23. The zero-order valence-corrected chi connectivity index (χ0v) is 12.2. The molecule has 1 amide bonds. The number of rotatable bonds is 5. The Morgan fingerprint density at radius 3 is 2.29 bits per heavy atom. The molecule has 3 nitrogen and oxygen atoms in total. The molecule has 0 bridgehead atoms. The molecule has 21 heavy (non-hydrogen) atoms. The number of nitrogens with one attached hydrogen (secondary N) is 1. The summed E-state index contributed by atoms with van der Waals surface area (Å²) >= 11 is 5.79. The smallest absolute Gasteiger partial charge is 0.244 e. The number of carbonyl (C=O) groups is 1. The molecule has 0 spiro atoms. The van der Waals surface area contributed by atoms with E-state index in [1.165, 1.54) is 6.08 Å². The summed E-state index contributed by atoms with van der Waals surface area (Å²) in [5, 5.41) is 12.4. The maximum absolute atomic E-state index is 11.7. The van der Waals surface area contributed by atoms with Gasteiger partial charge in [0.1, 0.15) is 0 Å². The second-order valence-electron chi connectivity index (χ2n) is 4.58. The van der Waals surface area contributed by atoms with Crippen molar-refractivity contribution >= 4 is 23.6 Å². The van der Waals surface area contributed by atoms with Crippen molar-refractivity contribution in [3.63, 3.8) is 0 Å². The van der Waals surface area contributed by atoms with E-state index in [2.05, 4.69) is 5.32 Å². The number of aliphatic hydroxyl groups is 1. The number of hydrogen-bond donors (Lipinski definition) is 2. The lowest BCUT2D eigenvalue weighted by atomic mass is 10.1. The number of hydrogen-bond acceptors (Lipinski definition) is 2. The molecule has 0 atom stereocenters. The molecule has 0 aliphatic carbocycles. The lowest BCUT2D eigenvalue weighted by Gasteiger charge is -2.03. The first-order valence-electron chi connectivity index (χ1n) is 6.57. The minimum Gasteiger partial charge on any atom is -0.392 e. The molecule has 0 radical (unpaired) electrons. The van der Waals surface area contributed by atoms with E-state index >= 15 is 0 Å². The third-order valence-corrected chi connectivity index (χ3v) is 3.22. The fourth-order valence-electron chi connectivity index (χ4n) is 1.76. The Balaban J connectivity index is 1.85. The molecule has 108 valence electrons. The Hall–Kier alpha value is -2.10. The largest absolute Gasteiger partial charge is 0.392 e. The minimum absolute atomic E-state index is 0.0243. The van der Waals surface area contributed by atoms with Crippen LogP contribution in [-0.2, 0) is 17.9 Å². The third kappa shape index (κ3) is 5.06. The standard InChI is InChI=1S/C17H16ClNO2/c18-16-8-5-13(6-9-16)7-10-17(21)19-11-14-1-3-15(12-20)4-2-14/h1-10,20H,11-12H2,(H,19,21)/b10-7+. The van der Waals surface area contributed by atoms with Gasteiger partial charge < -0.3 is 10.4 Å². The van der Waals surface area contributed by atoms with Gasteiger partial charge in [-0.2, -0.15) is 0 Å². The van der Waals surface area contributed by atoms with E-state index in [0.29, 0.717) is 11.6 Å². The van der Waals surface area contributed by atoms with Gasteiger partial charge in [0.15, 0.2) is 0 Å². The maximum atomic E-state index is 11.7. The van der Waals surface area contributed by atoms with Crippen LogP contribution in [0.5, 0.6) is 0 Å². The Bertz CT molecular complexity index is 618. The topological polar surface area (TPSA) is 49.3 Å². The molecular weight excluding hydrogens is 286 g/mol. The van der Waals surface area contributed by atoms with Gasteiger partial charge in [0.05, 0.1) is 6.61 Å². The molecule has 2 rings (SSSR count). The van der Waals surface area contributed by atoms with Crippen molar-refractivity contribution in [2.24, 2.45) is 0 Å². The van der Waals surface area contributed by atoms with Crippen LogP contribution in [0.2, 0.25) is 5.02 Å². The molecule has 2 aromatic carbocycles. The van der Waals surface area contributed by atoms with Gasteiger partial charge in [-0.3, -0.25) is 4.79 Å². The molecule has 0 fully saturated rings. The van der Waals surface area contributed by atoms with Crippen LogP contribution in [0.3, 0.4) is 0 Å². The van der Waals surface area contributed by atoms with E-state index in [-0.39, 0.29) is 12.5 Å². The molecule has 2 aromatic rings. The second-order valence-corrected chi connectivity index (χ2v) is 5.01. The Morgan fingerprint density at radius 1 is 1.05 bits per heavy atom. The average Bonchev–Trinajstić information content (AvgIpc) is 2.53. The summed E-state index contributed by atoms with van der Waals surface area (Å²) in [7, 11) is 0. The van der Waals surface area contributed by atoms with Crippen LogP contribution in [0.1, 0.15) is 16.7 Å². The molecule has 0 heterocycles. The number of amides is 1. The molecule has 0 unspecified atom stereocenters. The molecular formula is C17H16ClNO2. The summed E-state index contributed by atoms with van der Waals surface area (Å²) in [5.74, 6) is -0.156. The molecule has 0 saturated heterocycles. The van der Waals surface area contributed by atoms with E-state index in [4.69, 9.17) is 16.7 Å². The van der Waals surface area contributed by atoms with Crippen molar-refractivity contribution in [3.8, 4) is 0 Å². The predicted octanol–water partition coefficient (Wildman–Crippen LogP) is 3.16. The van der Waals surface area contributed by atoms with E-state index in [1.807, 2.05) is 36.4 Å². The van der Waals surface area contributed by atoms with Crippen molar-refractivity contribution in [3.05, 3.63) is 76.3 Å². The molecule has 0 aliphatic heterocycles. The van der Waals surface area contributed by atoms with E-state index in [0.717, 1.165) is 16.7 Å². The highest BCUT2D eigenvalue weighted by Gasteiger charge is 1.97. The summed E-state index contributed by atoms with van der Waals surface area (Å²) in [4.78, 5) is 11.7. The summed E-state index contributed by atoms with van der Waals surface area (Å²) in [6, 6.07) is 14.7. The van der Waals surface area contributed by atoms with Gasteiger partial charge in [-0.05, 0) is 34.9 Å². The van der Waals surface area contributed by atoms with Crippen molar-refractivity contribution in [2.75, 3.05) is 0 Å².